The van der Waals surface area contributed by atoms with E-state index in [0.717, 1.165) is 20.2 Å². The van der Waals surface area contributed by atoms with Gasteiger partial charge in [-0.2, -0.15) is 4.57 Å². The second kappa shape index (κ2) is 5.76. The lowest BCUT2D eigenvalue weighted by molar-refractivity contribution is -0.694. The second-order valence-corrected chi connectivity index (χ2v) is 5.71. The molecule has 0 atom stereocenters. The Morgan fingerprint density at radius 3 is 2.50 bits per heavy atom. The van der Waals surface area contributed by atoms with Gasteiger partial charge in [0.25, 0.3) is 4.60 Å². The highest BCUT2D eigenvalue weighted by Gasteiger charge is 2.16. The molecule has 1 aromatic carbocycles. The molecule has 0 amide bonds. The maximum absolute atomic E-state index is 12.1. The fourth-order valence-corrected chi connectivity index (χ4v) is 2.30. The van der Waals surface area contributed by atoms with Crippen molar-refractivity contribution in [2.45, 2.75) is 13.5 Å². The molecule has 0 radical (unpaired) electrons. The normalized spacial score (nSPS) is 10.4. The van der Waals surface area contributed by atoms with Crippen molar-refractivity contribution in [2.75, 3.05) is 0 Å². The summed E-state index contributed by atoms with van der Waals surface area (Å²) in [7, 11) is 0. The lowest BCUT2D eigenvalue weighted by Crippen LogP contribution is -2.39. The Labute approximate surface area is 123 Å². The highest BCUT2D eigenvalue weighted by molar-refractivity contribution is 9.10. The first kappa shape index (κ1) is 13.4. The summed E-state index contributed by atoms with van der Waals surface area (Å²) in [5.74, 6) is 0.0961. The fourth-order valence-electron chi connectivity index (χ4n) is 1.66. The van der Waals surface area contributed by atoms with Crippen LogP contribution in [0.1, 0.15) is 15.9 Å². The molecule has 0 bridgehead atoms. The molecule has 0 saturated carbocycles. The molecule has 0 unspecified atom stereocenters. The van der Waals surface area contributed by atoms with E-state index in [1.807, 2.05) is 54.1 Å². The molecular formula is C14H12Br2NO+. The highest BCUT2D eigenvalue weighted by atomic mass is 79.9. The fraction of sp³-hybridized carbons (Fsp3) is 0.143. The molecule has 0 saturated heterocycles. The van der Waals surface area contributed by atoms with Gasteiger partial charge in [-0.15, -0.1) is 0 Å². The number of aryl methyl sites for hydroxylation is 1. The molecule has 4 heteroatoms. The topological polar surface area (TPSA) is 20.9 Å². The number of Topliss-reactive ketones (excluding diaryl/α,β-unsaturated/α-hetero) is 1. The summed E-state index contributed by atoms with van der Waals surface area (Å²) >= 11 is 6.85. The van der Waals surface area contributed by atoms with E-state index in [-0.39, 0.29) is 5.78 Å². The van der Waals surface area contributed by atoms with Crippen LogP contribution < -0.4 is 4.57 Å². The zero-order chi connectivity index (χ0) is 13.1. The number of ketones is 1. The van der Waals surface area contributed by atoms with Crippen LogP contribution in [0.25, 0.3) is 0 Å². The molecule has 2 nitrogen and oxygen atoms in total. The lowest BCUT2D eigenvalue weighted by Gasteiger charge is -2.01. The van der Waals surface area contributed by atoms with Gasteiger partial charge in [-0.3, -0.25) is 4.79 Å². The third-order valence-electron chi connectivity index (χ3n) is 2.67. The minimum absolute atomic E-state index is 0.0961. The number of hydrogen-bond acceptors (Lipinski definition) is 1. The number of aromatic nitrogens is 1. The lowest BCUT2D eigenvalue weighted by atomic mass is 10.1. The van der Waals surface area contributed by atoms with E-state index in [1.165, 1.54) is 0 Å². The maximum Gasteiger partial charge on any atom is 0.251 e. The summed E-state index contributed by atoms with van der Waals surface area (Å²) in [6.45, 7) is 2.34. The molecule has 2 aromatic rings. The largest absolute Gasteiger partial charge is 0.287 e. The third-order valence-corrected chi connectivity index (χ3v) is 4.28. The van der Waals surface area contributed by atoms with E-state index in [1.54, 1.807) is 0 Å². The van der Waals surface area contributed by atoms with Crippen LogP contribution >= 0.6 is 31.9 Å². The summed E-state index contributed by atoms with van der Waals surface area (Å²) in [5, 5.41) is 0. The van der Waals surface area contributed by atoms with Gasteiger partial charge >= 0.3 is 0 Å². The number of halogens is 2. The summed E-state index contributed by atoms with van der Waals surface area (Å²) in [6, 6.07) is 11.4. The second-order valence-electron chi connectivity index (χ2n) is 4.04. The summed E-state index contributed by atoms with van der Waals surface area (Å²) < 4.78 is 3.82. The average Bonchev–Trinajstić information content (AvgIpc) is 2.36. The Hall–Kier alpha value is -1.000. The Kier molecular flexibility index (Phi) is 4.30. The van der Waals surface area contributed by atoms with Crippen LogP contribution in [0.4, 0.5) is 0 Å². The van der Waals surface area contributed by atoms with Crippen LogP contribution in [-0.4, -0.2) is 5.78 Å². The smallest absolute Gasteiger partial charge is 0.251 e. The molecule has 1 aromatic heterocycles. The number of benzene rings is 1. The monoisotopic (exact) mass is 368 g/mol. The van der Waals surface area contributed by atoms with Gasteiger partial charge in [0, 0.05) is 37.6 Å². The molecule has 1 heterocycles. The first-order valence-corrected chi connectivity index (χ1v) is 7.10. The quantitative estimate of drug-likeness (QED) is 0.459. The predicted octanol–water partition coefficient (Wildman–Crippen LogP) is 3.69. The van der Waals surface area contributed by atoms with Crippen LogP contribution in [0, 0.1) is 6.92 Å². The van der Waals surface area contributed by atoms with E-state index in [2.05, 4.69) is 31.9 Å². The van der Waals surface area contributed by atoms with E-state index in [9.17, 15) is 4.79 Å². The van der Waals surface area contributed by atoms with Crippen molar-refractivity contribution in [1.82, 2.24) is 0 Å². The summed E-state index contributed by atoms with van der Waals surface area (Å²) in [6.07, 6.45) is 1.90. The Morgan fingerprint density at radius 1 is 1.17 bits per heavy atom. The van der Waals surface area contributed by atoms with E-state index in [0.29, 0.717) is 6.54 Å². The first-order valence-electron chi connectivity index (χ1n) is 5.51. The van der Waals surface area contributed by atoms with Gasteiger partial charge in [-0.1, -0.05) is 28.1 Å². The van der Waals surface area contributed by atoms with Crippen LogP contribution in [0.15, 0.2) is 51.7 Å². The van der Waals surface area contributed by atoms with Gasteiger partial charge in [0.05, 0.1) is 0 Å². The zero-order valence-electron chi connectivity index (χ0n) is 9.86. The number of rotatable bonds is 3. The number of hydrogen-bond donors (Lipinski definition) is 0. The molecule has 0 aliphatic heterocycles. The molecule has 0 N–H and O–H groups in total. The molecule has 92 valence electrons. The summed E-state index contributed by atoms with van der Waals surface area (Å²) in [4.78, 5) is 12.1. The Morgan fingerprint density at radius 2 is 1.83 bits per heavy atom. The van der Waals surface area contributed by atoms with Crippen LogP contribution in [0.2, 0.25) is 0 Å². The van der Waals surface area contributed by atoms with Crippen LogP contribution in [-0.2, 0) is 6.54 Å². The number of nitrogens with zero attached hydrogens (tertiary/aromatic N) is 1. The van der Waals surface area contributed by atoms with Gasteiger partial charge in [-0.25, -0.2) is 0 Å². The van der Waals surface area contributed by atoms with Crippen molar-refractivity contribution in [2.24, 2.45) is 0 Å². The standard InChI is InChI=1S/C14H12Br2NO/c1-10-3-2-8-17(14(10)16)9-13(18)11-4-6-12(15)7-5-11/h2-8H,9H2,1H3/q+1. The number of carbonyl (C=O) groups excluding carboxylic acids is 1. The molecule has 0 fully saturated rings. The van der Waals surface area contributed by atoms with Crippen LogP contribution in [0.3, 0.4) is 0 Å². The minimum atomic E-state index is 0.0961. The molecular weight excluding hydrogens is 358 g/mol. The molecule has 0 spiro atoms. The maximum atomic E-state index is 12.1. The van der Waals surface area contributed by atoms with E-state index < -0.39 is 0 Å². The highest BCUT2D eigenvalue weighted by Crippen LogP contribution is 2.12. The molecule has 0 aliphatic rings. The van der Waals surface area contributed by atoms with E-state index in [4.69, 9.17) is 0 Å². The first-order chi connectivity index (χ1) is 8.58. The SMILES string of the molecule is Cc1ccc[n+](CC(=O)c2ccc(Br)cc2)c1Br. The number of carbonyl (C=O) groups is 1. The number of pyridine rings is 1. The van der Waals surface area contributed by atoms with Gasteiger partial charge in [0.15, 0.2) is 6.20 Å². The zero-order valence-corrected chi connectivity index (χ0v) is 13.0. The average molecular weight is 370 g/mol. The Bertz CT molecular complexity index is 579. The van der Waals surface area contributed by atoms with Crippen molar-refractivity contribution < 1.29 is 9.36 Å². The van der Waals surface area contributed by atoms with Crippen molar-refractivity contribution >= 4 is 37.6 Å². The van der Waals surface area contributed by atoms with Crippen molar-refractivity contribution in [1.29, 1.82) is 0 Å². The molecule has 18 heavy (non-hydrogen) atoms. The molecule has 0 aliphatic carbocycles. The predicted molar refractivity (Wildman–Crippen MR) is 77.5 cm³/mol. The van der Waals surface area contributed by atoms with Crippen LogP contribution in [0.5, 0.6) is 0 Å². The van der Waals surface area contributed by atoms with Crippen molar-refractivity contribution in [3.8, 4) is 0 Å². The van der Waals surface area contributed by atoms with Gasteiger partial charge in [-0.05, 0) is 25.1 Å². The van der Waals surface area contributed by atoms with Gasteiger partial charge in [0.1, 0.15) is 0 Å². The molecule has 2 rings (SSSR count). The van der Waals surface area contributed by atoms with E-state index >= 15 is 0 Å². The summed E-state index contributed by atoms with van der Waals surface area (Å²) in [5.41, 5.74) is 1.83. The van der Waals surface area contributed by atoms with Gasteiger partial charge in [0.2, 0.25) is 12.3 Å². The third kappa shape index (κ3) is 3.06. The van der Waals surface area contributed by atoms with Crippen molar-refractivity contribution in [3.63, 3.8) is 0 Å². The minimum Gasteiger partial charge on any atom is -0.287 e. The Balaban J connectivity index is 2.21. The van der Waals surface area contributed by atoms with Crippen molar-refractivity contribution in [3.05, 3.63) is 62.8 Å². The van der Waals surface area contributed by atoms with Gasteiger partial charge < -0.3 is 0 Å².